The van der Waals surface area contributed by atoms with Crippen molar-refractivity contribution in [3.05, 3.63) is 94.0 Å². The van der Waals surface area contributed by atoms with E-state index in [1.54, 1.807) is 37.3 Å². The van der Waals surface area contributed by atoms with Crippen LogP contribution in [0, 0.1) is 6.92 Å². The van der Waals surface area contributed by atoms with E-state index in [0.717, 1.165) is 36.0 Å². The number of carbonyl (C=O) groups excluding carboxylic acids is 2. The molecule has 1 aliphatic heterocycles. The van der Waals surface area contributed by atoms with Crippen LogP contribution in [0.25, 0.3) is 0 Å². The van der Waals surface area contributed by atoms with Crippen molar-refractivity contribution in [1.82, 2.24) is 11.0 Å². The van der Waals surface area contributed by atoms with E-state index in [1.807, 2.05) is 30.3 Å². The molecule has 1 aliphatic rings. The van der Waals surface area contributed by atoms with Crippen molar-refractivity contribution in [2.24, 2.45) is 5.73 Å². The largest absolute Gasteiger partial charge is 0.507 e. The average Bonchev–Trinajstić information content (AvgIpc) is 2.97. The van der Waals surface area contributed by atoms with Crippen LogP contribution in [-0.4, -0.2) is 34.9 Å². The minimum atomic E-state index is -0.631. The van der Waals surface area contributed by atoms with Gasteiger partial charge in [-0.1, -0.05) is 42.0 Å². The summed E-state index contributed by atoms with van der Waals surface area (Å²) in [6.07, 6.45) is 1.87. The van der Waals surface area contributed by atoms with Crippen LogP contribution in [0.15, 0.2) is 60.7 Å². The Morgan fingerprint density at radius 2 is 1.90 bits per heavy atom. The Hall–Kier alpha value is -4.03. The number of nitrogens with two attached hydrogens (primary N) is 1. The molecule has 0 bridgehead atoms. The minimum Gasteiger partial charge on any atom is -0.507 e. The van der Waals surface area contributed by atoms with Crippen LogP contribution >= 0.6 is 12.2 Å². The van der Waals surface area contributed by atoms with Gasteiger partial charge in [0.25, 0.3) is 0 Å². The molecule has 0 amide bonds. The lowest BCUT2D eigenvalue weighted by Crippen LogP contribution is -2.41. The number of phenols is 1. The topological polar surface area (TPSA) is 141 Å². The third-order valence-corrected chi connectivity index (χ3v) is 6.71. The fourth-order valence-corrected chi connectivity index (χ4v) is 4.44. The number of aromatic hydroxyl groups is 1. The smallest absolute Gasteiger partial charge is 0.358 e. The summed E-state index contributed by atoms with van der Waals surface area (Å²) in [5.41, 5.74) is 13.5. The van der Waals surface area contributed by atoms with E-state index in [0.29, 0.717) is 23.5 Å². The number of carbonyl (C=O) groups is 2. The summed E-state index contributed by atoms with van der Waals surface area (Å²) in [7, 11) is 0. The van der Waals surface area contributed by atoms with E-state index in [-0.39, 0.29) is 35.1 Å². The molecule has 0 radical (unpaired) electrons. The van der Waals surface area contributed by atoms with E-state index < -0.39 is 12.1 Å². The molecule has 0 saturated carbocycles. The number of hydrogen-bond donors (Lipinski definition) is 4. The second kappa shape index (κ2) is 14.0. The van der Waals surface area contributed by atoms with Gasteiger partial charge in [0.15, 0.2) is 17.2 Å². The van der Waals surface area contributed by atoms with Crippen molar-refractivity contribution in [3.8, 4) is 11.5 Å². The molecular weight excluding hydrogens is 546 g/mol. The van der Waals surface area contributed by atoms with Crippen molar-refractivity contribution in [1.29, 1.82) is 0 Å². The van der Waals surface area contributed by atoms with Crippen LogP contribution in [0.5, 0.6) is 11.5 Å². The lowest BCUT2D eigenvalue weighted by Gasteiger charge is -2.28. The summed E-state index contributed by atoms with van der Waals surface area (Å²) >= 11 is 4.68. The monoisotopic (exact) mass is 579 g/mol. The standard InChI is InChI=1S/C30H33N3O7S/c1-18-25(14-13-24(19(2)34)27(18)35)38-17-20-9-11-21(12-10-20)28(39-26-8-3-4-15-37-26)22-6-5-7-23(16-22)29(36)40-33-32-30(31)41/h5-7,9-14,16,26,28,33,35H,3-4,8,15,17H2,1-2H3,(H3,31,32,41). The third kappa shape index (κ3) is 8.01. The number of ether oxygens (including phenoxy) is 3. The molecule has 10 nitrogen and oxygen atoms in total. The molecule has 2 unspecified atom stereocenters. The highest BCUT2D eigenvalue weighted by molar-refractivity contribution is 7.80. The van der Waals surface area contributed by atoms with Gasteiger partial charge in [-0.15, -0.1) is 0 Å². The van der Waals surface area contributed by atoms with Crippen LogP contribution in [0.3, 0.4) is 0 Å². The van der Waals surface area contributed by atoms with Crippen molar-refractivity contribution < 1.29 is 33.7 Å². The maximum absolute atomic E-state index is 12.5. The van der Waals surface area contributed by atoms with Gasteiger partial charge >= 0.3 is 5.97 Å². The van der Waals surface area contributed by atoms with E-state index in [4.69, 9.17) is 24.8 Å². The first-order valence-electron chi connectivity index (χ1n) is 13.2. The third-order valence-electron chi connectivity index (χ3n) is 6.61. The van der Waals surface area contributed by atoms with Gasteiger partial charge in [0, 0.05) is 12.2 Å². The number of thiocarbonyl (C=S) groups is 1. The maximum atomic E-state index is 12.5. The lowest BCUT2D eigenvalue weighted by atomic mass is 9.98. The molecule has 216 valence electrons. The van der Waals surface area contributed by atoms with E-state index >= 15 is 0 Å². The number of Topliss-reactive ketones (excluding diaryl/α,β-unsaturated/α-hetero) is 1. The van der Waals surface area contributed by atoms with Crippen molar-refractivity contribution >= 4 is 29.1 Å². The number of benzene rings is 3. The van der Waals surface area contributed by atoms with Crippen LogP contribution in [0.4, 0.5) is 0 Å². The Balaban J connectivity index is 1.51. The van der Waals surface area contributed by atoms with Crippen LogP contribution in [-0.2, 0) is 20.9 Å². The van der Waals surface area contributed by atoms with Crippen LogP contribution in [0.1, 0.15) is 75.3 Å². The van der Waals surface area contributed by atoms with Crippen molar-refractivity contribution in [2.75, 3.05) is 6.61 Å². The highest BCUT2D eigenvalue weighted by Crippen LogP contribution is 2.33. The Morgan fingerprint density at radius 3 is 2.59 bits per heavy atom. The molecule has 3 aromatic carbocycles. The number of rotatable bonds is 11. The molecule has 1 fully saturated rings. The van der Waals surface area contributed by atoms with Gasteiger partial charge in [-0.3, -0.25) is 10.2 Å². The number of phenolic OH excluding ortho intramolecular Hbond substituents is 1. The molecule has 41 heavy (non-hydrogen) atoms. The predicted octanol–water partition coefficient (Wildman–Crippen LogP) is 4.52. The molecule has 0 aromatic heterocycles. The quantitative estimate of drug-likeness (QED) is 0.145. The van der Waals surface area contributed by atoms with Gasteiger partial charge in [0.1, 0.15) is 24.2 Å². The molecule has 2 atom stereocenters. The molecule has 3 aromatic rings. The van der Waals surface area contributed by atoms with E-state index in [2.05, 4.69) is 23.2 Å². The van der Waals surface area contributed by atoms with Gasteiger partial charge in [-0.25, -0.2) is 4.79 Å². The van der Waals surface area contributed by atoms with Gasteiger partial charge in [-0.2, -0.15) is 0 Å². The second-order valence-electron chi connectivity index (χ2n) is 9.59. The minimum absolute atomic E-state index is 0.0690. The molecular formula is C30H33N3O7S. The Bertz CT molecular complexity index is 1390. The van der Waals surface area contributed by atoms with Gasteiger partial charge in [0.05, 0.1) is 11.1 Å². The lowest BCUT2D eigenvalue weighted by molar-refractivity contribution is -0.181. The van der Waals surface area contributed by atoms with Gasteiger partial charge in [-0.05, 0) is 86.3 Å². The zero-order valence-electron chi connectivity index (χ0n) is 22.8. The maximum Gasteiger partial charge on any atom is 0.358 e. The molecule has 0 aliphatic carbocycles. The number of hydrazine groups is 1. The summed E-state index contributed by atoms with van der Waals surface area (Å²) in [5.74, 6) is -0.422. The average molecular weight is 580 g/mol. The second-order valence-corrected chi connectivity index (χ2v) is 10.0. The highest BCUT2D eigenvalue weighted by atomic mass is 32.1. The zero-order chi connectivity index (χ0) is 29.4. The van der Waals surface area contributed by atoms with Gasteiger partial charge in [0.2, 0.25) is 0 Å². The molecule has 1 saturated heterocycles. The first-order valence-corrected chi connectivity index (χ1v) is 13.6. The van der Waals surface area contributed by atoms with E-state index in [1.165, 1.54) is 6.92 Å². The van der Waals surface area contributed by atoms with E-state index in [9.17, 15) is 14.7 Å². The first kappa shape index (κ1) is 29.9. The summed E-state index contributed by atoms with van der Waals surface area (Å²) < 4.78 is 18.2. The number of nitrogens with one attached hydrogen (secondary N) is 2. The predicted molar refractivity (Wildman–Crippen MR) is 155 cm³/mol. The fourth-order valence-electron chi connectivity index (χ4n) is 4.40. The SMILES string of the molecule is CC(=O)c1ccc(OCc2ccc(C(OC3CCCCO3)c3cccc(C(=O)ONNC(N)=S)c3)cc2)c(C)c1O. The molecule has 11 heteroatoms. The molecule has 1 heterocycles. The Labute approximate surface area is 243 Å². The van der Waals surface area contributed by atoms with Gasteiger partial charge < -0.3 is 29.9 Å². The summed E-state index contributed by atoms with van der Waals surface area (Å²) in [6, 6.07) is 17.9. The van der Waals surface area contributed by atoms with Crippen LogP contribution < -0.4 is 21.5 Å². The number of ketones is 1. The summed E-state index contributed by atoms with van der Waals surface area (Å²) in [4.78, 5) is 29.2. The Morgan fingerprint density at radius 1 is 1.12 bits per heavy atom. The molecule has 5 N–H and O–H groups in total. The fraction of sp³-hybridized carbons (Fsp3) is 0.300. The zero-order valence-corrected chi connectivity index (χ0v) is 23.7. The Kier molecular flexibility index (Phi) is 10.3. The summed E-state index contributed by atoms with van der Waals surface area (Å²) in [5, 5.41) is 10.3. The molecule has 4 rings (SSSR count). The number of hydrogen-bond acceptors (Lipinski definition) is 9. The first-order chi connectivity index (χ1) is 19.7. The molecule has 0 spiro atoms. The van der Waals surface area contributed by atoms with Crippen LogP contribution in [0.2, 0.25) is 0 Å². The summed E-state index contributed by atoms with van der Waals surface area (Å²) in [6.45, 7) is 4.00. The normalized spacial score (nSPS) is 15.5. The van der Waals surface area contributed by atoms with Crippen molar-refractivity contribution in [2.45, 2.75) is 52.1 Å². The van der Waals surface area contributed by atoms with Crippen molar-refractivity contribution in [3.63, 3.8) is 0 Å². The highest BCUT2D eigenvalue weighted by Gasteiger charge is 2.24.